The molecule has 2 atom stereocenters. The number of likely N-dealkylation sites (N-methyl/N-ethyl adjacent to an activating group) is 1. The number of rotatable bonds is 6. The summed E-state index contributed by atoms with van der Waals surface area (Å²) in [6.07, 6.45) is 2.29. The molecule has 166 valence electrons. The molecule has 4 heteroatoms. The van der Waals surface area contributed by atoms with Crippen LogP contribution in [0.4, 0.5) is 0 Å². The molecule has 2 aromatic carbocycles. The number of hydrogen-bond acceptors (Lipinski definition) is 4. The second kappa shape index (κ2) is 14.3. The van der Waals surface area contributed by atoms with E-state index in [2.05, 4.69) is 88.1 Å². The molecule has 4 nitrogen and oxygen atoms in total. The number of nitrogens with zero attached hydrogens (tertiary/aromatic N) is 2. The molecule has 0 radical (unpaired) electrons. The summed E-state index contributed by atoms with van der Waals surface area (Å²) in [4.78, 5) is 5.21. The zero-order chi connectivity index (χ0) is 21.6. The second-order valence-electron chi connectivity index (χ2n) is 7.80. The van der Waals surface area contributed by atoms with Gasteiger partial charge in [-0.25, -0.2) is 0 Å². The van der Waals surface area contributed by atoms with E-state index in [1.165, 1.54) is 11.1 Å². The van der Waals surface area contributed by atoms with Gasteiger partial charge in [-0.1, -0.05) is 74.5 Å². The first-order chi connectivity index (χ1) is 14.8. The van der Waals surface area contributed by atoms with E-state index >= 15 is 0 Å². The predicted octanol–water partition coefficient (Wildman–Crippen LogP) is 4.33. The van der Waals surface area contributed by atoms with E-state index < -0.39 is 0 Å². The van der Waals surface area contributed by atoms with Crippen LogP contribution in [0.3, 0.4) is 0 Å². The molecule has 1 saturated heterocycles. The fraction of sp³-hybridized carbons (Fsp3) is 0.538. The first kappa shape index (κ1) is 24.5. The molecule has 0 aromatic heterocycles. The van der Waals surface area contributed by atoms with Crippen molar-refractivity contribution >= 4 is 0 Å². The number of benzene rings is 2. The average Bonchev–Trinajstić information content (AvgIpc) is 2.81. The van der Waals surface area contributed by atoms with Crippen LogP contribution in [0, 0.1) is 0 Å². The molecular formula is C26H42N4. The smallest absolute Gasteiger partial charge is 0.0361 e. The van der Waals surface area contributed by atoms with Gasteiger partial charge in [0.15, 0.2) is 0 Å². The Morgan fingerprint density at radius 3 is 2.27 bits per heavy atom. The topological polar surface area (TPSA) is 30.5 Å². The molecule has 2 aromatic rings. The van der Waals surface area contributed by atoms with E-state index in [4.69, 9.17) is 0 Å². The zero-order valence-corrected chi connectivity index (χ0v) is 19.5. The molecule has 0 aliphatic carbocycles. The Kier molecular flexibility index (Phi) is 11.7. The van der Waals surface area contributed by atoms with Crippen molar-refractivity contribution in [3.63, 3.8) is 0 Å². The minimum Gasteiger partial charge on any atom is -0.320 e. The fourth-order valence-electron chi connectivity index (χ4n) is 4.28. The second-order valence-corrected chi connectivity index (χ2v) is 7.80. The van der Waals surface area contributed by atoms with Crippen molar-refractivity contribution < 1.29 is 0 Å². The Balaban J connectivity index is 0.00000155. The molecular weight excluding hydrogens is 368 g/mol. The van der Waals surface area contributed by atoms with Crippen molar-refractivity contribution in [3.8, 4) is 0 Å². The number of hydrogen-bond donors (Lipinski definition) is 2. The molecule has 1 aliphatic rings. The first-order valence-electron chi connectivity index (χ1n) is 11.7. The normalized spacial score (nSPS) is 20.1. The van der Waals surface area contributed by atoms with Crippen molar-refractivity contribution in [3.05, 3.63) is 71.8 Å². The van der Waals surface area contributed by atoms with Crippen LogP contribution < -0.4 is 10.6 Å². The maximum Gasteiger partial charge on any atom is 0.0361 e. The van der Waals surface area contributed by atoms with E-state index in [9.17, 15) is 0 Å². The van der Waals surface area contributed by atoms with Crippen LogP contribution in [0.1, 0.15) is 49.9 Å². The van der Waals surface area contributed by atoms with Crippen molar-refractivity contribution in [2.75, 3.05) is 53.4 Å². The monoisotopic (exact) mass is 410 g/mol. The highest BCUT2D eigenvalue weighted by Gasteiger charge is 2.23. The molecule has 0 amide bonds. The molecule has 0 spiro atoms. The Labute approximate surface area is 184 Å². The summed E-state index contributed by atoms with van der Waals surface area (Å²) in [5.74, 6) is 0. The Morgan fingerprint density at radius 1 is 0.933 bits per heavy atom. The highest BCUT2D eigenvalue weighted by Crippen LogP contribution is 2.26. The summed E-state index contributed by atoms with van der Waals surface area (Å²) in [6, 6.07) is 22.9. The maximum absolute atomic E-state index is 3.68. The Bertz CT molecular complexity index is 661. The molecule has 0 saturated carbocycles. The Morgan fingerprint density at radius 2 is 1.60 bits per heavy atom. The van der Waals surface area contributed by atoms with Gasteiger partial charge in [0.2, 0.25) is 0 Å². The van der Waals surface area contributed by atoms with Crippen LogP contribution in [0.25, 0.3) is 0 Å². The summed E-state index contributed by atoms with van der Waals surface area (Å²) < 4.78 is 0. The van der Waals surface area contributed by atoms with Gasteiger partial charge < -0.3 is 10.6 Å². The van der Waals surface area contributed by atoms with Crippen molar-refractivity contribution in [2.45, 2.75) is 38.8 Å². The van der Waals surface area contributed by atoms with Gasteiger partial charge in [-0.3, -0.25) is 9.80 Å². The van der Waals surface area contributed by atoms with Crippen LogP contribution in [-0.4, -0.2) is 63.2 Å². The molecule has 30 heavy (non-hydrogen) atoms. The lowest BCUT2D eigenvalue weighted by Gasteiger charge is -2.37. The van der Waals surface area contributed by atoms with Gasteiger partial charge in [0.05, 0.1) is 0 Å². The summed E-state index contributed by atoms with van der Waals surface area (Å²) >= 11 is 0. The molecule has 1 fully saturated rings. The quantitative estimate of drug-likeness (QED) is 0.742. The molecule has 1 aliphatic heterocycles. The van der Waals surface area contributed by atoms with Crippen molar-refractivity contribution in [1.82, 2.24) is 20.4 Å². The Hall–Kier alpha value is -1.72. The predicted molar refractivity (Wildman–Crippen MR) is 130 cm³/mol. The van der Waals surface area contributed by atoms with Gasteiger partial charge in [0.1, 0.15) is 0 Å². The van der Waals surface area contributed by atoms with Crippen molar-refractivity contribution in [1.29, 1.82) is 0 Å². The maximum atomic E-state index is 3.68. The summed E-state index contributed by atoms with van der Waals surface area (Å²) in [5, 5.41) is 7.03. The van der Waals surface area contributed by atoms with E-state index in [1.54, 1.807) is 0 Å². The average molecular weight is 411 g/mol. The lowest BCUT2D eigenvalue weighted by molar-refractivity contribution is 0.135. The van der Waals surface area contributed by atoms with Gasteiger partial charge in [0, 0.05) is 38.3 Å². The van der Waals surface area contributed by atoms with Gasteiger partial charge in [-0.05, 0) is 51.2 Å². The SMILES string of the molecule is CC.CNCCC(c1ccccc1)N1CCNCCC(c2ccccc2)N(C)CC1. The van der Waals surface area contributed by atoms with Gasteiger partial charge in [-0.15, -0.1) is 0 Å². The molecule has 2 N–H and O–H groups in total. The van der Waals surface area contributed by atoms with Crippen LogP contribution in [0.2, 0.25) is 0 Å². The van der Waals surface area contributed by atoms with Gasteiger partial charge >= 0.3 is 0 Å². The fourth-order valence-corrected chi connectivity index (χ4v) is 4.28. The minimum absolute atomic E-state index is 0.457. The van der Waals surface area contributed by atoms with Gasteiger partial charge in [0.25, 0.3) is 0 Å². The van der Waals surface area contributed by atoms with Crippen LogP contribution in [0.15, 0.2) is 60.7 Å². The third-order valence-electron chi connectivity index (χ3n) is 5.92. The first-order valence-corrected chi connectivity index (χ1v) is 11.7. The lowest BCUT2D eigenvalue weighted by atomic mass is 10.00. The highest BCUT2D eigenvalue weighted by atomic mass is 15.2. The minimum atomic E-state index is 0.457. The van der Waals surface area contributed by atoms with Crippen LogP contribution in [0.5, 0.6) is 0 Å². The van der Waals surface area contributed by atoms with E-state index in [-0.39, 0.29) is 0 Å². The van der Waals surface area contributed by atoms with Crippen LogP contribution >= 0.6 is 0 Å². The van der Waals surface area contributed by atoms with Crippen molar-refractivity contribution in [2.24, 2.45) is 0 Å². The zero-order valence-electron chi connectivity index (χ0n) is 19.5. The lowest BCUT2D eigenvalue weighted by Crippen LogP contribution is -2.43. The third-order valence-corrected chi connectivity index (χ3v) is 5.92. The third kappa shape index (κ3) is 7.51. The summed E-state index contributed by atoms with van der Waals surface area (Å²) in [7, 11) is 4.33. The van der Waals surface area contributed by atoms with Crippen LogP contribution in [-0.2, 0) is 0 Å². The largest absolute Gasteiger partial charge is 0.320 e. The highest BCUT2D eigenvalue weighted by molar-refractivity contribution is 5.20. The van der Waals surface area contributed by atoms with E-state index in [1.807, 2.05) is 20.9 Å². The molecule has 2 unspecified atom stereocenters. The number of nitrogens with one attached hydrogen (secondary N) is 2. The summed E-state index contributed by atoms with van der Waals surface area (Å²) in [5.41, 5.74) is 2.85. The van der Waals surface area contributed by atoms with Gasteiger partial charge in [-0.2, -0.15) is 0 Å². The van der Waals surface area contributed by atoms with E-state index in [0.717, 1.165) is 52.1 Å². The molecule has 3 rings (SSSR count). The standard InChI is InChI=1S/C24H36N4.C2H6/c1-25-15-13-24(22-11-7-4-8-12-22)28-18-17-26-16-14-23(27(2)19-20-28)21-9-5-3-6-10-21;1-2/h3-12,23-26H,13-20H2,1-2H3;1-2H3. The summed E-state index contributed by atoms with van der Waals surface area (Å²) in [6.45, 7) is 10.4. The van der Waals surface area contributed by atoms with E-state index in [0.29, 0.717) is 12.1 Å². The molecule has 1 heterocycles. The molecule has 0 bridgehead atoms.